The smallest absolute Gasteiger partial charge is 0.339 e. The molecule has 0 spiro atoms. The fraction of sp³-hybridized carbons (Fsp3) is 0.538. The van der Waals surface area contributed by atoms with E-state index in [2.05, 4.69) is 24.1 Å². The molecule has 94 valence electrons. The maximum absolute atomic E-state index is 11.5. The minimum atomic E-state index is -0.316. The second-order valence-corrected chi connectivity index (χ2v) is 4.31. The molecule has 4 heteroatoms. The molecule has 0 aliphatic carbocycles. The van der Waals surface area contributed by atoms with Gasteiger partial charge in [0.05, 0.1) is 5.56 Å². The Morgan fingerprint density at radius 3 is 2.94 bits per heavy atom. The van der Waals surface area contributed by atoms with E-state index in [1.165, 1.54) is 6.20 Å². The first-order valence-corrected chi connectivity index (χ1v) is 5.98. The lowest BCUT2D eigenvalue weighted by Gasteiger charge is -2.07. The molecule has 0 bridgehead atoms. The second-order valence-electron chi connectivity index (χ2n) is 4.31. The van der Waals surface area contributed by atoms with Crippen LogP contribution in [0.3, 0.4) is 0 Å². The summed E-state index contributed by atoms with van der Waals surface area (Å²) in [6, 6.07) is 3.42. The van der Waals surface area contributed by atoms with Gasteiger partial charge in [-0.15, -0.1) is 0 Å². The average molecular weight is 236 g/mol. The molecular weight excluding hydrogens is 216 g/mol. The van der Waals surface area contributed by atoms with Crippen molar-refractivity contribution in [3.63, 3.8) is 0 Å². The molecule has 0 saturated carbocycles. The van der Waals surface area contributed by atoms with Gasteiger partial charge in [0.1, 0.15) is 6.61 Å². The van der Waals surface area contributed by atoms with Crippen LogP contribution in [0.25, 0.3) is 0 Å². The first-order chi connectivity index (χ1) is 8.20. The zero-order valence-electron chi connectivity index (χ0n) is 10.5. The number of rotatable bonds is 7. The maximum atomic E-state index is 11.5. The standard InChI is InChI=1S/C13H20N2O2/c1-11(2)5-7-14-8-9-17-13(16)12-4-3-6-15-10-12/h3-4,6,10-11,14H,5,7-9H2,1-2H3. The van der Waals surface area contributed by atoms with Gasteiger partial charge in [0.2, 0.25) is 0 Å². The number of esters is 1. The number of carbonyl (C=O) groups is 1. The molecule has 0 saturated heterocycles. The van der Waals surface area contributed by atoms with Crippen LogP contribution in [0.2, 0.25) is 0 Å². The minimum absolute atomic E-state index is 0.316. The predicted molar refractivity (Wildman–Crippen MR) is 66.8 cm³/mol. The minimum Gasteiger partial charge on any atom is -0.461 e. The molecule has 0 unspecified atom stereocenters. The summed E-state index contributed by atoms with van der Waals surface area (Å²) >= 11 is 0. The Hall–Kier alpha value is -1.42. The van der Waals surface area contributed by atoms with Gasteiger partial charge in [-0.3, -0.25) is 4.98 Å². The molecule has 0 radical (unpaired) electrons. The molecule has 0 aromatic carbocycles. The summed E-state index contributed by atoms with van der Waals surface area (Å²) in [5, 5.41) is 3.23. The molecule has 0 aliphatic heterocycles. The SMILES string of the molecule is CC(C)CCNCCOC(=O)c1cccnc1. The molecule has 4 nitrogen and oxygen atoms in total. The van der Waals surface area contributed by atoms with E-state index in [1.807, 2.05) is 0 Å². The van der Waals surface area contributed by atoms with Crippen molar-refractivity contribution in [2.24, 2.45) is 5.92 Å². The van der Waals surface area contributed by atoms with Gasteiger partial charge in [-0.2, -0.15) is 0 Å². The van der Waals surface area contributed by atoms with Gasteiger partial charge in [0, 0.05) is 18.9 Å². The highest BCUT2D eigenvalue weighted by Crippen LogP contribution is 1.98. The summed E-state index contributed by atoms with van der Waals surface area (Å²) in [4.78, 5) is 15.4. The Labute approximate surface area is 102 Å². The lowest BCUT2D eigenvalue weighted by atomic mass is 10.1. The van der Waals surface area contributed by atoms with Crippen LogP contribution in [0.4, 0.5) is 0 Å². The maximum Gasteiger partial charge on any atom is 0.339 e. The van der Waals surface area contributed by atoms with Crippen molar-refractivity contribution in [3.8, 4) is 0 Å². The molecule has 0 atom stereocenters. The molecule has 0 aliphatic rings. The number of hydrogen-bond acceptors (Lipinski definition) is 4. The lowest BCUT2D eigenvalue weighted by Crippen LogP contribution is -2.23. The monoisotopic (exact) mass is 236 g/mol. The van der Waals surface area contributed by atoms with E-state index in [1.54, 1.807) is 18.3 Å². The van der Waals surface area contributed by atoms with E-state index in [4.69, 9.17) is 4.74 Å². The molecule has 0 amide bonds. The van der Waals surface area contributed by atoms with Crippen LogP contribution in [0.15, 0.2) is 24.5 Å². The van der Waals surface area contributed by atoms with E-state index < -0.39 is 0 Å². The molecule has 1 heterocycles. The van der Waals surface area contributed by atoms with Crippen molar-refractivity contribution < 1.29 is 9.53 Å². The third-order valence-electron chi connectivity index (χ3n) is 2.31. The molecule has 1 N–H and O–H groups in total. The second kappa shape index (κ2) is 7.79. The highest BCUT2D eigenvalue weighted by molar-refractivity contribution is 5.88. The van der Waals surface area contributed by atoms with Crippen molar-refractivity contribution in [1.29, 1.82) is 0 Å². The van der Waals surface area contributed by atoms with Gasteiger partial charge in [-0.05, 0) is 31.0 Å². The molecule has 17 heavy (non-hydrogen) atoms. The van der Waals surface area contributed by atoms with Crippen molar-refractivity contribution in [1.82, 2.24) is 10.3 Å². The Morgan fingerprint density at radius 1 is 1.47 bits per heavy atom. The highest BCUT2D eigenvalue weighted by atomic mass is 16.5. The third-order valence-corrected chi connectivity index (χ3v) is 2.31. The zero-order chi connectivity index (χ0) is 12.5. The van der Waals surface area contributed by atoms with Crippen molar-refractivity contribution in [2.45, 2.75) is 20.3 Å². The van der Waals surface area contributed by atoms with E-state index in [0.717, 1.165) is 13.0 Å². The summed E-state index contributed by atoms with van der Waals surface area (Å²) < 4.78 is 5.09. The number of ether oxygens (including phenoxy) is 1. The Bertz CT molecular complexity index is 325. The quantitative estimate of drug-likeness (QED) is 0.580. The van der Waals surface area contributed by atoms with Crippen LogP contribution in [-0.2, 0) is 4.74 Å². The average Bonchev–Trinajstić information content (AvgIpc) is 2.34. The Kier molecular flexibility index (Phi) is 6.25. The number of hydrogen-bond donors (Lipinski definition) is 1. The van der Waals surface area contributed by atoms with E-state index in [9.17, 15) is 4.79 Å². The van der Waals surface area contributed by atoms with Gasteiger partial charge in [0.15, 0.2) is 0 Å². The first-order valence-electron chi connectivity index (χ1n) is 5.98. The largest absolute Gasteiger partial charge is 0.461 e. The van der Waals surface area contributed by atoms with Gasteiger partial charge in [-0.25, -0.2) is 4.79 Å². The lowest BCUT2D eigenvalue weighted by molar-refractivity contribution is 0.0508. The number of carbonyl (C=O) groups excluding carboxylic acids is 1. The Morgan fingerprint density at radius 2 is 2.29 bits per heavy atom. The van der Waals surface area contributed by atoms with Gasteiger partial charge >= 0.3 is 5.97 Å². The summed E-state index contributed by atoms with van der Waals surface area (Å²) in [5.41, 5.74) is 0.495. The van der Waals surface area contributed by atoms with Crippen LogP contribution >= 0.6 is 0 Å². The predicted octanol–water partition coefficient (Wildman–Crippen LogP) is 1.87. The van der Waals surface area contributed by atoms with Crippen molar-refractivity contribution in [3.05, 3.63) is 30.1 Å². The number of aromatic nitrogens is 1. The number of nitrogens with zero attached hydrogens (tertiary/aromatic N) is 1. The van der Waals surface area contributed by atoms with E-state index in [-0.39, 0.29) is 5.97 Å². The fourth-order valence-corrected chi connectivity index (χ4v) is 1.30. The highest BCUT2D eigenvalue weighted by Gasteiger charge is 2.05. The fourth-order valence-electron chi connectivity index (χ4n) is 1.30. The van der Waals surface area contributed by atoms with E-state index in [0.29, 0.717) is 24.6 Å². The third kappa shape index (κ3) is 6.02. The molecular formula is C13H20N2O2. The van der Waals surface area contributed by atoms with Gasteiger partial charge < -0.3 is 10.1 Å². The molecule has 1 rings (SSSR count). The molecule has 0 fully saturated rings. The Balaban J connectivity index is 2.09. The first kappa shape index (κ1) is 13.6. The molecule has 1 aromatic rings. The van der Waals surface area contributed by atoms with Crippen molar-refractivity contribution >= 4 is 5.97 Å². The van der Waals surface area contributed by atoms with Crippen molar-refractivity contribution in [2.75, 3.05) is 19.7 Å². The normalized spacial score (nSPS) is 10.5. The van der Waals surface area contributed by atoms with Crippen LogP contribution in [0.5, 0.6) is 0 Å². The molecule has 1 aromatic heterocycles. The topological polar surface area (TPSA) is 51.2 Å². The van der Waals surface area contributed by atoms with Gasteiger partial charge in [-0.1, -0.05) is 13.8 Å². The zero-order valence-corrected chi connectivity index (χ0v) is 10.5. The number of nitrogens with one attached hydrogen (secondary N) is 1. The van der Waals surface area contributed by atoms with Crippen LogP contribution in [0, 0.1) is 5.92 Å². The summed E-state index contributed by atoms with van der Waals surface area (Å²) in [5.74, 6) is 0.379. The summed E-state index contributed by atoms with van der Waals surface area (Å²) in [7, 11) is 0. The number of pyridine rings is 1. The van der Waals surface area contributed by atoms with Gasteiger partial charge in [0.25, 0.3) is 0 Å². The summed E-state index contributed by atoms with van der Waals surface area (Å²) in [6.45, 7) is 6.42. The van der Waals surface area contributed by atoms with Crippen LogP contribution < -0.4 is 5.32 Å². The summed E-state index contributed by atoms with van der Waals surface area (Å²) in [6.07, 6.45) is 4.27. The van der Waals surface area contributed by atoms with E-state index >= 15 is 0 Å². The van der Waals surface area contributed by atoms with Crippen LogP contribution in [-0.4, -0.2) is 30.6 Å². The van der Waals surface area contributed by atoms with Crippen LogP contribution in [0.1, 0.15) is 30.6 Å².